The highest BCUT2D eigenvalue weighted by atomic mass is 16.5. The SMILES string of the molecule is CNc1ncccc1C(=O)N1CCCC(Nc2ccc(OC)c(OC)c2)C1. The lowest BCUT2D eigenvalue weighted by molar-refractivity contribution is 0.0715. The Kier molecular flexibility index (Phi) is 6.01. The molecular weight excluding hydrogens is 344 g/mol. The van der Waals surface area contributed by atoms with Gasteiger partial charge in [-0.1, -0.05) is 0 Å². The number of nitrogens with zero attached hydrogens (tertiary/aromatic N) is 2. The van der Waals surface area contributed by atoms with E-state index in [9.17, 15) is 4.79 Å². The van der Waals surface area contributed by atoms with E-state index in [2.05, 4.69) is 15.6 Å². The molecule has 1 saturated heterocycles. The van der Waals surface area contributed by atoms with Gasteiger partial charge in [0.05, 0.1) is 19.8 Å². The van der Waals surface area contributed by atoms with Crippen molar-refractivity contribution < 1.29 is 14.3 Å². The normalized spacial score (nSPS) is 16.6. The van der Waals surface area contributed by atoms with Gasteiger partial charge in [-0.2, -0.15) is 0 Å². The summed E-state index contributed by atoms with van der Waals surface area (Å²) in [5, 5.41) is 6.50. The molecule has 0 aliphatic carbocycles. The van der Waals surface area contributed by atoms with Crippen molar-refractivity contribution in [3.63, 3.8) is 0 Å². The van der Waals surface area contributed by atoms with Crippen molar-refractivity contribution in [3.05, 3.63) is 42.1 Å². The van der Waals surface area contributed by atoms with Crippen LogP contribution in [-0.4, -0.2) is 56.2 Å². The number of ether oxygens (including phenoxy) is 2. The van der Waals surface area contributed by atoms with Crippen molar-refractivity contribution in [1.29, 1.82) is 0 Å². The molecule has 0 saturated carbocycles. The number of carbonyl (C=O) groups excluding carboxylic acids is 1. The molecule has 0 bridgehead atoms. The van der Waals surface area contributed by atoms with E-state index in [0.717, 1.165) is 25.1 Å². The summed E-state index contributed by atoms with van der Waals surface area (Å²) in [7, 11) is 5.01. The van der Waals surface area contributed by atoms with E-state index in [4.69, 9.17) is 9.47 Å². The van der Waals surface area contributed by atoms with E-state index < -0.39 is 0 Å². The van der Waals surface area contributed by atoms with Crippen LogP contribution in [-0.2, 0) is 0 Å². The molecule has 1 aliphatic heterocycles. The first-order valence-corrected chi connectivity index (χ1v) is 9.07. The summed E-state index contributed by atoms with van der Waals surface area (Å²) in [6, 6.07) is 9.53. The fraction of sp³-hybridized carbons (Fsp3) is 0.400. The molecule has 1 aromatic heterocycles. The van der Waals surface area contributed by atoms with Crippen molar-refractivity contribution in [2.24, 2.45) is 0 Å². The second-order valence-corrected chi connectivity index (χ2v) is 6.45. The van der Waals surface area contributed by atoms with Crippen molar-refractivity contribution in [2.45, 2.75) is 18.9 Å². The molecule has 1 fully saturated rings. The average Bonchev–Trinajstić information content (AvgIpc) is 2.73. The number of aromatic nitrogens is 1. The number of carbonyl (C=O) groups is 1. The highest BCUT2D eigenvalue weighted by Gasteiger charge is 2.26. The molecule has 2 aromatic rings. The lowest BCUT2D eigenvalue weighted by Crippen LogP contribution is -2.45. The monoisotopic (exact) mass is 370 g/mol. The molecule has 1 aromatic carbocycles. The first-order chi connectivity index (χ1) is 13.2. The number of amides is 1. The number of benzene rings is 1. The number of anilines is 2. The van der Waals surface area contributed by atoms with Gasteiger partial charge in [-0.25, -0.2) is 4.98 Å². The molecule has 1 unspecified atom stereocenters. The lowest BCUT2D eigenvalue weighted by Gasteiger charge is -2.34. The van der Waals surface area contributed by atoms with Crippen LogP contribution >= 0.6 is 0 Å². The number of nitrogens with one attached hydrogen (secondary N) is 2. The summed E-state index contributed by atoms with van der Waals surface area (Å²) < 4.78 is 10.6. The Hall–Kier alpha value is -2.96. The molecule has 0 radical (unpaired) electrons. The molecule has 2 heterocycles. The quantitative estimate of drug-likeness (QED) is 0.814. The molecule has 144 valence electrons. The van der Waals surface area contributed by atoms with Crippen LogP contribution in [0.1, 0.15) is 23.2 Å². The molecule has 3 rings (SSSR count). The van der Waals surface area contributed by atoms with Gasteiger partial charge in [0.2, 0.25) is 0 Å². The second-order valence-electron chi connectivity index (χ2n) is 6.45. The standard InChI is InChI=1S/C20H26N4O3/c1-21-19-16(7-4-10-22-19)20(25)24-11-5-6-15(13-24)23-14-8-9-17(26-2)18(12-14)27-3/h4,7-10,12,15,23H,5-6,11,13H2,1-3H3,(H,21,22). The van der Waals surface area contributed by atoms with Gasteiger partial charge in [-0.15, -0.1) is 0 Å². The van der Waals surface area contributed by atoms with E-state index >= 15 is 0 Å². The summed E-state index contributed by atoms with van der Waals surface area (Å²) in [6.45, 7) is 1.40. The Morgan fingerprint density at radius 2 is 2.04 bits per heavy atom. The number of pyridine rings is 1. The third kappa shape index (κ3) is 4.24. The molecule has 1 aliphatic rings. The Labute approximate surface area is 159 Å². The van der Waals surface area contributed by atoms with E-state index in [1.165, 1.54) is 0 Å². The second kappa shape index (κ2) is 8.62. The molecule has 0 spiro atoms. The Morgan fingerprint density at radius 3 is 2.78 bits per heavy atom. The Morgan fingerprint density at radius 1 is 1.22 bits per heavy atom. The lowest BCUT2D eigenvalue weighted by atomic mass is 10.0. The molecule has 7 nitrogen and oxygen atoms in total. The zero-order valence-corrected chi connectivity index (χ0v) is 16.0. The number of rotatable bonds is 6. The molecule has 7 heteroatoms. The van der Waals surface area contributed by atoms with Crippen molar-refractivity contribution >= 4 is 17.4 Å². The van der Waals surface area contributed by atoms with E-state index in [1.54, 1.807) is 33.5 Å². The summed E-state index contributed by atoms with van der Waals surface area (Å²) in [5.41, 5.74) is 1.55. The number of piperidine rings is 1. The van der Waals surface area contributed by atoms with Crippen LogP contribution in [0.5, 0.6) is 11.5 Å². The largest absolute Gasteiger partial charge is 0.493 e. The Bertz CT molecular complexity index is 797. The summed E-state index contributed by atoms with van der Waals surface area (Å²) in [5.74, 6) is 1.99. The molecule has 1 atom stereocenters. The van der Waals surface area contributed by atoms with Crippen LogP contribution < -0.4 is 20.1 Å². The van der Waals surface area contributed by atoms with Gasteiger partial charge in [-0.3, -0.25) is 4.79 Å². The topological polar surface area (TPSA) is 75.7 Å². The van der Waals surface area contributed by atoms with Crippen LogP contribution in [0.3, 0.4) is 0 Å². The first-order valence-electron chi connectivity index (χ1n) is 9.07. The van der Waals surface area contributed by atoms with Crippen molar-refractivity contribution in [3.8, 4) is 11.5 Å². The van der Waals surface area contributed by atoms with Gasteiger partial charge in [-0.05, 0) is 37.1 Å². The maximum Gasteiger partial charge on any atom is 0.257 e. The minimum atomic E-state index is 0.00580. The number of methoxy groups -OCH3 is 2. The van der Waals surface area contributed by atoms with Crippen molar-refractivity contribution in [2.75, 3.05) is 45.0 Å². The minimum Gasteiger partial charge on any atom is -0.493 e. The predicted molar refractivity (Wildman–Crippen MR) is 106 cm³/mol. The predicted octanol–water partition coefficient (Wildman–Crippen LogP) is 2.86. The highest BCUT2D eigenvalue weighted by molar-refractivity contribution is 5.98. The van der Waals surface area contributed by atoms with Crippen LogP contribution in [0, 0.1) is 0 Å². The first kappa shape index (κ1) is 18.8. The molecule has 2 N–H and O–H groups in total. The van der Waals surface area contributed by atoms with Gasteiger partial charge in [0.25, 0.3) is 5.91 Å². The minimum absolute atomic E-state index is 0.00580. The van der Waals surface area contributed by atoms with Gasteiger partial charge in [0.1, 0.15) is 5.82 Å². The van der Waals surface area contributed by atoms with Gasteiger partial charge in [0, 0.05) is 44.1 Å². The fourth-order valence-electron chi connectivity index (χ4n) is 3.39. The fourth-order valence-corrected chi connectivity index (χ4v) is 3.39. The Balaban J connectivity index is 1.70. The smallest absolute Gasteiger partial charge is 0.257 e. The maximum atomic E-state index is 12.9. The van der Waals surface area contributed by atoms with Crippen molar-refractivity contribution in [1.82, 2.24) is 9.88 Å². The highest BCUT2D eigenvalue weighted by Crippen LogP contribution is 2.30. The zero-order chi connectivity index (χ0) is 19.2. The summed E-state index contributed by atoms with van der Waals surface area (Å²) in [4.78, 5) is 19.1. The van der Waals surface area contributed by atoms with E-state index in [1.807, 2.05) is 29.2 Å². The summed E-state index contributed by atoms with van der Waals surface area (Å²) >= 11 is 0. The third-order valence-corrected chi connectivity index (χ3v) is 4.74. The summed E-state index contributed by atoms with van der Waals surface area (Å²) in [6.07, 6.45) is 3.64. The van der Waals surface area contributed by atoms with Gasteiger partial charge < -0.3 is 25.0 Å². The molecular formula is C20H26N4O3. The maximum absolute atomic E-state index is 12.9. The molecule has 1 amide bonds. The van der Waals surface area contributed by atoms with Gasteiger partial charge in [0.15, 0.2) is 11.5 Å². The number of hydrogen-bond donors (Lipinski definition) is 2. The van der Waals surface area contributed by atoms with E-state index in [0.29, 0.717) is 29.4 Å². The number of hydrogen-bond acceptors (Lipinski definition) is 6. The number of likely N-dealkylation sites (tertiary alicyclic amines) is 1. The van der Waals surface area contributed by atoms with Crippen LogP contribution in [0.2, 0.25) is 0 Å². The van der Waals surface area contributed by atoms with Gasteiger partial charge >= 0.3 is 0 Å². The van der Waals surface area contributed by atoms with E-state index in [-0.39, 0.29) is 11.9 Å². The van der Waals surface area contributed by atoms with Crippen LogP contribution in [0.4, 0.5) is 11.5 Å². The zero-order valence-electron chi connectivity index (χ0n) is 16.0. The average molecular weight is 370 g/mol. The van der Waals surface area contributed by atoms with Crippen LogP contribution in [0.25, 0.3) is 0 Å². The third-order valence-electron chi connectivity index (χ3n) is 4.74. The molecule has 27 heavy (non-hydrogen) atoms. The van der Waals surface area contributed by atoms with Crippen LogP contribution in [0.15, 0.2) is 36.5 Å².